The maximum Gasteiger partial charge on any atom is 0.0406 e. The molecule has 3 atom stereocenters. The Morgan fingerprint density at radius 3 is 2.79 bits per heavy atom. The van der Waals surface area contributed by atoms with Crippen molar-refractivity contribution >= 4 is 11.6 Å². The molecule has 3 heteroatoms. The third kappa shape index (κ3) is 3.13. The molecule has 0 aromatic heterocycles. The highest BCUT2D eigenvalue weighted by atomic mass is 35.5. The van der Waals surface area contributed by atoms with E-state index in [1.165, 1.54) is 44.3 Å². The molecule has 0 bridgehead atoms. The van der Waals surface area contributed by atoms with E-state index in [1.807, 2.05) is 12.1 Å². The number of hydrogen-bond acceptors (Lipinski definition) is 2. The summed E-state index contributed by atoms with van der Waals surface area (Å²) in [6.45, 7) is 4.85. The minimum absolute atomic E-state index is 0.412. The van der Waals surface area contributed by atoms with Gasteiger partial charge in [-0.05, 0) is 63.4 Å². The highest BCUT2D eigenvalue weighted by Crippen LogP contribution is 2.28. The quantitative estimate of drug-likeness (QED) is 0.909. The van der Waals surface area contributed by atoms with Gasteiger partial charge in [-0.2, -0.15) is 0 Å². The van der Waals surface area contributed by atoms with Crippen molar-refractivity contribution in [2.24, 2.45) is 0 Å². The number of nitrogens with zero attached hydrogens (tertiary/aromatic N) is 1. The molecule has 1 N–H and O–H groups in total. The van der Waals surface area contributed by atoms with Crippen LogP contribution in [0.3, 0.4) is 0 Å². The zero-order valence-electron chi connectivity index (χ0n) is 11.6. The molecule has 2 aliphatic heterocycles. The summed E-state index contributed by atoms with van der Waals surface area (Å²) in [4.78, 5) is 2.67. The van der Waals surface area contributed by atoms with Crippen LogP contribution in [0.1, 0.15) is 44.2 Å². The Kier molecular flexibility index (Phi) is 4.11. The number of piperidine rings is 1. The Balaban J connectivity index is 1.57. The largest absolute Gasteiger partial charge is 0.307 e. The second-order valence-corrected chi connectivity index (χ2v) is 6.43. The Bertz CT molecular complexity index is 417. The van der Waals surface area contributed by atoms with Gasteiger partial charge in [0, 0.05) is 23.1 Å². The van der Waals surface area contributed by atoms with E-state index in [0.717, 1.165) is 11.1 Å². The van der Waals surface area contributed by atoms with Gasteiger partial charge >= 0.3 is 0 Å². The van der Waals surface area contributed by atoms with Gasteiger partial charge in [0.05, 0.1) is 0 Å². The van der Waals surface area contributed by atoms with Crippen LogP contribution in [-0.4, -0.2) is 30.1 Å². The molecule has 2 heterocycles. The van der Waals surface area contributed by atoms with Crippen LogP contribution in [0.5, 0.6) is 0 Å². The van der Waals surface area contributed by atoms with Crippen molar-refractivity contribution in [2.75, 3.05) is 13.1 Å². The van der Waals surface area contributed by atoms with Crippen LogP contribution in [0.15, 0.2) is 24.3 Å². The number of halogens is 1. The predicted molar refractivity (Wildman–Crippen MR) is 80.6 cm³/mol. The molecule has 2 saturated heterocycles. The number of rotatable bonds is 3. The van der Waals surface area contributed by atoms with Gasteiger partial charge in [-0.25, -0.2) is 0 Å². The Morgan fingerprint density at radius 1 is 1.21 bits per heavy atom. The van der Waals surface area contributed by atoms with E-state index >= 15 is 0 Å². The van der Waals surface area contributed by atoms with Gasteiger partial charge in [-0.1, -0.05) is 23.7 Å². The Hall–Kier alpha value is -0.570. The summed E-state index contributed by atoms with van der Waals surface area (Å²) in [7, 11) is 0. The van der Waals surface area contributed by atoms with Crippen LogP contribution in [0.25, 0.3) is 0 Å². The maximum absolute atomic E-state index is 5.94. The van der Waals surface area contributed by atoms with Crippen LogP contribution >= 0.6 is 11.6 Å². The molecule has 0 aliphatic carbocycles. The van der Waals surface area contributed by atoms with E-state index in [4.69, 9.17) is 11.6 Å². The predicted octanol–water partition coefficient (Wildman–Crippen LogP) is 3.62. The minimum Gasteiger partial charge on any atom is -0.307 e. The fourth-order valence-corrected chi connectivity index (χ4v) is 3.70. The van der Waals surface area contributed by atoms with Crippen LogP contribution < -0.4 is 5.32 Å². The van der Waals surface area contributed by atoms with Crippen molar-refractivity contribution in [1.82, 2.24) is 10.2 Å². The van der Waals surface area contributed by atoms with Gasteiger partial charge in [0.15, 0.2) is 0 Å². The molecule has 0 amide bonds. The van der Waals surface area contributed by atoms with Crippen molar-refractivity contribution in [3.63, 3.8) is 0 Å². The number of benzene rings is 1. The first-order valence-corrected chi connectivity index (χ1v) is 7.86. The molecule has 0 spiro atoms. The minimum atomic E-state index is 0.412. The second kappa shape index (κ2) is 5.82. The average molecular weight is 279 g/mol. The monoisotopic (exact) mass is 278 g/mol. The SMILES string of the molecule is C[C@@H](NC1CCN2CCCC2C1)c1ccc(Cl)cc1. The second-order valence-electron chi connectivity index (χ2n) is 5.99. The van der Waals surface area contributed by atoms with Crippen molar-refractivity contribution in [2.45, 2.75) is 50.7 Å². The number of fused-ring (bicyclic) bond motifs is 1. The lowest BCUT2D eigenvalue weighted by atomic mass is 9.96. The summed E-state index contributed by atoms with van der Waals surface area (Å²) >= 11 is 5.94. The summed E-state index contributed by atoms with van der Waals surface area (Å²) in [5.74, 6) is 0. The zero-order chi connectivity index (χ0) is 13.2. The van der Waals surface area contributed by atoms with Crippen LogP contribution in [-0.2, 0) is 0 Å². The molecule has 0 saturated carbocycles. The fraction of sp³-hybridized carbons (Fsp3) is 0.625. The zero-order valence-corrected chi connectivity index (χ0v) is 12.4. The summed E-state index contributed by atoms with van der Waals surface area (Å²) in [6, 6.07) is 10.1. The lowest BCUT2D eigenvalue weighted by Gasteiger charge is -2.36. The first-order chi connectivity index (χ1) is 9.22. The number of hydrogen-bond donors (Lipinski definition) is 1. The molecular weight excluding hydrogens is 256 g/mol. The molecule has 1 aromatic rings. The fourth-order valence-electron chi connectivity index (χ4n) is 3.58. The molecule has 3 rings (SSSR count). The smallest absolute Gasteiger partial charge is 0.0406 e. The van der Waals surface area contributed by atoms with Crippen molar-refractivity contribution < 1.29 is 0 Å². The molecule has 2 aliphatic rings. The molecule has 104 valence electrons. The van der Waals surface area contributed by atoms with Gasteiger partial charge in [0.2, 0.25) is 0 Å². The van der Waals surface area contributed by atoms with Crippen LogP contribution in [0, 0.1) is 0 Å². The summed E-state index contributed by atoms with van der Waals surface area (Å²) in [5, 5.41) is 4.61. The topological polar surface area (TPSA) is 15.3 Å². The molecular formula is C16H23ClN2. The third-order valence-electron chi connectivity index (χ3n) is 4.68. The molecule has 2 nitrogen and oxygen atoms in total. The first-order valence-electron chi connectivity index (χ1n) is 7.48. The molecule has 1 aromatic carbocycles. The van der Waals surface area contributed by atoms with Crippen molar-refractivity contribution in [3.8, 4) is 0 Å². The normalized spacial score (nSPS) is 29.2. The molecule has 19 heavy (non-hydrogen) atoms. The lowest BCUT2D eigenvalue weighted by Crippen LogP contribution is -2.46. The van der Waals surface area contributed by atoms with Gasteiger partial charge in [0.25, 0.3) is 0 Å². The highest BCUT2D eigenvalue weighted by Gasteiger charge is 2.31. The van der Waals surface area contributed by atoms with E-state index < -0.39 is 0 Å². The van der Waals surface area contributed by atoms with E-state index in [-0.39, 0.29) is 0 Å². The summed E-state index contributed by atoms with van der Waals surface area (Å²) < 4.78 is 0. The molecule has 0 radical (unpaired) electrons. The standard InChI is InChI=1S/C16H23ClN2/c1-12(13-4-6-14(17)7-5-13)18-15-8-10-19-9-2-3-16(19)11-15/h4-7,12,15-16,18H,2-3,8-11H2,1H3/t12-,15?,16?/m1/s1. The van der Waals surface area contributed by atoms with Crippen molar-refractivity contribution in [1.29, 1.82) is 0 Å². The van der Waals surface area contributed by atoms with E-state index in [0.29, 0.717) is 12.1 Å². The first kappa shape index (κ1) is 13.4. The average Bonchev–Trinajstić information content (AvgIpc) is 2.87. The van der Waals surface area contributed by atoms with E-state index in [9.17, 15) is 0 Å². The van der Waals surface area contributed by atoms with Crippen molar-refractivity contribution in [3.05, 3.63) is 34.9 Å². The third-order valence-corrected chi connectivity index (χ3v) is 4.93. The Labute approximate surface area is 121 Å². The van der Waals surface area contributed by atoms with Gasteiger partial charge in [-0.3, -0.25) is 0 Å². The number of nitrogens with one attached hydrogen (secondary N) is 1. The Morgan fingerprint density at radius 2 is 2.00 bits per heavy atom. The maximum atomic E-state index is 5.94. The van der Waals surface area contributed by atoms with Gasteiger partial charge in [-0.15, -0.1) is 0 Å². The van der Waals surface area contributed by atoms with Crippen LogP contribution in [0.4, 0.5) is 0 Å². The van der Waals surface area contributed by atoms with Crippen LogP contribution in [0.2, 0.25) is 5.02 Å². The van der Waals surface area contributed by atoms with Gasteiger partial charge in [0.1, 0.15) is 0 Å². The van der Waals surface area contributed by atoms with E-state index in [2.05, 4.69) is 29.3 Å². The summed E-state index contributed by atoms with van der Waals surface area (Å²) in [5.41, 5.74) is 1.33. The highest BCUT2D eigenvalue weighted by molar-refractivity contribution is 6.30. The molecule has 2 fully saturated rings. The summed E-state index contributed by atoms with van der Waals surface area (Å²) in [6.07, 6.45) is 5.39. The van der Waals surface area contributed by atoms with Gasteiger partial charge < -0.3 is 10.2 Å². The lowest BCUT2D eigenvalue weighted by molar-refractivity contribution is 0.162. The van der Waals surface area contributed by atoms with E-state index in [1.54, 1.807) is 0 Å². The molecule has 2 unspecified atom stereocenters.